The molecule has 0 unspecified atom stereocenters. The molecule has 0 saturated heterocycles. The van der Waals surface area contributed by atoms with Crippen LogP contribution < -0.4 is 25.3 Å². The van der Waals surface area contributed by atoms with Crippen molar-refractivity contribution in [3.63, 3.8) is 0 Å². The number of alkyl halides is 3. The smallest absolute Gasteiger partial charge is 0.424 e. The number of carbonyl (C=O) groups is 2. The Morgan fingerprint density at radius 2 is 1.76 bits per heavy atom. The van der Waals surface area contributed by atoms with Crippen LogP contribution in [0.2, 0.25) is 5.02 Å². The lowest BCUT2D eigenvalue weighted by Gasteiger charge is -2.31. The molecule has 0 spiro atoms. The molecular formula is C31H28ClF4N3O6. The maximum absolute atomic E-state index is 14.7. The minimum absolute atomic E-state index is 0.0171. The van der Waals surface area contributed by atoms with Crippen LogP contribution in [-0.4, -0.2) is 53.4 Å². The third-order valence-electron chi connectivity index (χ3n) is 8.05. The normalized spacial score (nSPS) is 20.5. The molecule has 2 atom stereocenters. The maximum Gasteiger partial charge on any atom is 0.424 e. The van der Waals surface area contributed by atoms with E-state index in [-0.39, 0.29) is 52.0 Å². The van der Waals surface area contributed by atoms with Gasteiger partial charge in [0.2, 0.25) is 11.5 Å². The number of rotatable bonds is 10. The van der Waals surface area contributed by atoms with Gasteiger partial charge in [-0.25, -0.2) is 9.37 Å². The van der Waals surface area contributed by atoms with Crippen LogP contribution in [0, 0.1) is 5.82 Å². The first-order chi connectivity index (χ1) is 21.2. The molecule has 1 aromatic heterocycles. The number of nitrogens with one attached hydrogen (secondary N) is 1. The number of amides is 2. The van der Waals surface area contributed by atoms with E-state index in [1.54, 1.807) is 0 Å². The van der Waals surface area contributed by atoms with Gasteiger partial charge < -0.3 is 30.4 Å². The van der Waals surface area contributed by atoms with Crippen molar-refractivity contribution in [1.82, 2.24) is 10.3 Å². The molecule has 4 N–H and O–H groups in total. The minimum atomic E-state index is -5.37. The van der Waals surface area contributed by atoms with Gasteiger partial charge in [0.05, 0.1) is 29.5 Å². The molecule has 2 heterocycles. The molecule has 45 heavy (non-hydrogen) atoms. The molecule has 9 nitrogen and oxygen atoms in total. The van der Waals surface area contributed by atoms with Gasteiger partial charge in [-0.15, -0.1) is 0 Å². The zero-order valence-corrected chi connectivity index (χ0v) is 24.6. The Labute approximate surface area is 259 Å². The van der Waals surface area contributed by atoms with E-state index in [1.165, 1.54) is 31.2 Å². The Kier molecular flexibility index (Phi) is 7.59. The summed E-state index contributed by atoms with van der Waals surface area (Å²) in [4.78, 5) is 29.7. The lowest BCUT2D eigenvalue weighted by atomic mass is 9.81. The lowest BCUT2D eigenvalue weighted by Crippen LogP contribution is -2.51. The summed E-state index contributed by atoms with van der Waals surface area (Å²) in [5, 5.41) is 13.1. The van der Waals surface area contributed by atoms with Crippen LogP contribution in [0.1, 0.15) is 54.2 Å². The molecular weight excluding hydrogens is 622 g/mol. The van der Waals surface area contributed by atoms with Gasteiger partial charge in [0.15, 0.2) is 11.5 Å². The van der Waals surface area contributed by atoms with Crippen molar-refractivity contribution in [1.29, 1.82) is 0 Å². The van der Waals surface area contributed by atoms with E-state index in [2.05, 4.69) is 10.3 Å². The van der Waals surface area contributed by atoms with Gasteiger partial charge in [-0.05, 0) is 75.1 Å². The van der Waals surface area contributed by atoms with Crippen molar-refractivity contribution in [2.45, 2.75) is 62.0 Å². The van der Waals surface area contributed by atoms with E-state index in [9.17, 15) is 32.3 Å². The molecule has 2 aliphatic carbocycles. The number of nitrogens with zero attached hydrogens (tertiary/aromatic N) is 1. The first kappa shape index (κ1) is 30.9. The highest BCUT2D eigenvalue weighted by Gasteiger charge is 2.57. The van der Waals surface area contributed by atoms with Gasteiger partial charge in [0, 0.05) is 16.7 Å². The summed E-state index contributed by atoms with van der Waals surface area (Å²) in [5.74, 6) is -1.95. The molecule has 0 radical (unpaired) electrons. The Bertz CT molecular complexity index is 1700. The summed E-state index contributed by atoms with van der Waals surface area (Å²) in [6.07, 6.45) is -1.92. The summed E-state index contributed by atoms with van der Waals surface area (Å²) in [6.45, 7) is -0.297. The monoisotopic (exact) mass is 649 g/mol. The number of nitrogens with two attached hydrogens (primary N) is 1. The third kappa shape index (κ3) is 5.86. The molecule has 14 heteroatoms. The average Bonchev–Trinajstić information content (AvgIpc) is 3.93. The Hall–Kier alpha value is -4.10. The number of aliphatic hydroxyl groups is 1. The van der Waals surface area contributed by atoms with Crippen LogP contribution in [0.5, 0.6) is 17.2 Å². The van der Waals surface area contributed by atoms with E-state index < -0.39 is 47.1 Å². The maximum atomic E-state index is 14.7. The third-order valence-corrected chi connectivity index (χ3v) is 8.34. The number of hydrogen-bond donors (Lipinski definition) is 3. The largest absolute Gasteiger partial charge is 0.489 e. The Morgan fingerprint density at radius 1 is 1.09 bits per heavy atom. The SMILES string of the molecule is C[C@]1(C(N)=O)COc2c1cc([C@@](O)(CNC(=O)c1ccc(OC3CC3)c(OC3CC3)c1)C(F)(F)F)nc2-c1ccc(F)c(Cl)c1. The van der Waals surface area contributed by atoms with Crippen LogP contribution >= 0.6 is 11.6 Å². The van der Waals surface area contributed by atoms with Crippen LogP contribution in [0.15, 0.2) is 42.5 Å². The molecule has 3 aromatic rings. The fourth-order valence-corrected chi connectivity index (χ4v) is 5.03. The average molecular weight is 650 g/mol. The summed E-state index contributed by atoms with van der Waals surface area (Å²) < 4.78 is 75.5. The zero-order chi connectivity index (χ0) is 32.3. The van der Waals surface area contributed by atoms with Crippen LogP contribution in [0.3, 0.4) is 0 Å². The topological polar surface area (TPSA) is 133 Å². The predicted molar refractivity (Wildman–Crippen MR) is 153 cm³/mol. The molecule has 1 aliphatic heterocycles. The predicted octanol–water partition coefficient (Wildman–Crippen LogP) is 4.94. The fraction of sp³-hybridized carbons (Fsp3) is 0.387. The number of halogens is 5. The summed E-state index contributed by atoms with van der Waals surface area (Å²) >= 11 is 5.93. The van der Waals surface area contributed by atoms with E-state index in [0.29, 0.717) is 11.5 Å². The number of fused-ring (bicyclic) bond motifs is 1. The molecule has 2 amide bonds. The van der Waals surface area contributed by atoms with Gasteiger partial charge in [-0.3, -0.25) is 9.59 Å². The van der Waals surface area contributed by atoms with Gasteiger partial charge in [-0.1, -0.05) is 11.6 Å². The van der Waals surface area contributed by atoms with Gasteiger partial charge in [-0.2, -0.15) is 13.2 Å². The molecule has 2 saturated carbocycles. The first-order valence-corrected chi connectivity index (χ1v) is 14.6. The van der Waals surface area contributed by atoms with E-state index in [1.807, 2.05) is 0 Å². The molecule has 238 valence electrons. The second-order valence-corrected chi connectivity index (χ2v) is 12.1. The van der Waals surface area contributed by atoms with Crippen molar-refractivity contribution in [2.75, 3.05) is 13.2 Å². The summed E-state index contributed by atoms with van der Waals surface area (Å²) in [5.41, 5.74) is -0.965. The second-order valence-electron chi connectivity index (χ2n) is 11.7. The van der Waals surface area contributed by atoms with Gasteiger partial charge >= 0.3 is 6.18 Å². The van der Waals surface area contributed by atoms with Crippen molar-refractivity contribution in [2.24, 2.45) is 5.73 Å². The van der Waals surface area contributed by atoms with Crippen molar-refractivity contribution < 1.29 is 46.5 Å². The van der Waals surface area contributed by atoms with Crippen molar-refractivity contribution in [3.8, 4) is 28.5 Å². The Balaban J connectivity index is 1.36. The number of benzene rings is 2. The highest BCUT2D eigenvalue weighted by atomic mass is 35.5. The van der Waals surface area contributed by atoms with Gasteiger partial charge in [0.25, 0.3) is 5.91 Å². The van der Waals surface area contributed by atoms with E-state index >= 15 is 0 Å². The number of carbonyl (C=O) groups excluding carboxylic acids is 2. The van der Waals surface area contributed by atoms with E-state index in [4.69, 9.17) is 31.5 Å². The van der Waals surface area contributed by atoms with E-state index in [0.717, 1.165) is 43.9 Å². The van der Waals surface area contributed by atoms with Crippen LogP contribution in [0.4, 0.5) is 17.6 Å². The number of pyridine rings is 1. The van der Waals surface area contributed by atoms with Gasteiger partial charge in [0.1, 0.15) is 29.3 Å². The second kappa shape index (κ2) is 11.1. The molecule has 0 bridgehead atoms. The first-order valence-electron chi connectivity index (χ1n) is 14.2. The molecule has 2 fully saturated rings. The van der Waals surface area contributed by atoms with Crippen LogP contribution in [0.25, 0.3) is 11.3 Å². The highest BCUT2D eigenvalue weighted by Crippen LogP contribution is 2.48. The fourth-order valence-electron chi connectivity index (χ4n) is 4.85. The molecule has 3 aliphatic rings. The Morgan fingerprint density at radius 3 is 2.36 bits per heavy atom. The quantitative estimate of drug-likeness (QED) is 0.265. The van der Waals surface area contributed by atoms with Crippen LogP contribution in [-0.2, 0) is 15.8 Å². The number of primary amides is 1. The highest BCUT2D eigenvalue weighted by molar-refractivity contribution is 6.31. The number of ether oxygens (including phenoxy) is 3. The minimum Gasteiger partial charge on any atom is -0.489 e. The lowest BCUT2D eigenvalue weighted by molar-refractivity contribution is -0.265. The standard InChI is InChI=1S/C31H28ClF4N3O6/c1-29(28(37)41)14-43-26-19(29)12-24(39-25(26)15-2-8-21(33)20(32)10-15)30(42,31(34,35)36)13-38-27(40)16-3-9-22(44-17-4-5-17)23(11-16)45-18-6-7-18/h2-3,8-12,17-18,42H,4-7,13-14H2,1H3,(H2,37,41)(H,38,40)/t29-,30-/m0/s1. The summed E-state index contributed by atoms with van der Waals surface area (Å²) in [6, 6.07) is 8.50. The number of aromatic nitrogens is 1. The molecule has 6 rings (SSSR count). The van der Waals surface area contributed by atoms with Crippen molar-refractivity contribution >= 4 is 23.4 Å². The number of hydrogen-bond acceptors (Lipinski definition) is 7. The summed E-state index contributed by atoms with van der Waals surface area (Å²) in [7, 11) is 0. The molecule has 2 aromatic carbocycles. The van der Waals surface area contributed by atoms with Crippen molar-refractivity contribution in [3.05, 3.63) is 70.1 Å². The zero-order valence-electron chi connectivity index (χ0n) is 23.8.